The zero-order chi connectivity index (χ0) is 16.0. The predicted molar refractivity (Wildman–Crippen MR) is 59.3 cm³/mol. The lowest BCUT2D eigenvalue weighted by molar-refractivity contribution is -0.142. The number of H-pyrrole nitrogens is 1. The van der Waals surface area contributed by atoms with Gasteiger partial charge in [0.05, 0.1) is 16.6 Å². The summed E-state index contributed by atoms with van der Waals surface area (Å²) >= 11 is 0. The van der Waals surface area contributed by atoms with E-state index >= 15 is 0 Å². The zero-order valence-corrected chi connectivity index (χ0v) is 9.86. The highest BCUT2D eigenvalue weighted by atomic mass is 19.4. The van der Waals surface area contributed by atoms with Crippen LogP contribution in [0.4, 0.5) is 26.3 Å². The first-order chi connectivity index (χ1) is 9.55. The Bertz CT molecular complexity index is 810. The molecule has 0 radical (unpaired) electrons. The number of fused-ring (bicyclic) bond motifs is 1. The maximum atomic E-state index is 12.8. The van der Waals surface area contributed by atoms with Crippen LogP contribution >= 0.6 is 0 Å². The van der Waals surface area contributed by atoms with Crippen LogP contribution in [0.3, 0.4) is 0 Å². The summed E-state index contributed by atoms with van der Waals surface area (Å²) in [6, 6.07) is 1.61. The molecule has 2 rings (SSSR count). The molecule has 1 heterocycles. The zero-order valence-electron chi connectivity index (χ0n) is 9.86. The van der Waals surface area contributed by atoms with Gasteiger partial charge in [0.25, 0.3) is 0 Å². The standard InChI is InChI=1S/C12H4F6N2O/c13-11(14,15)6-1-7-9(8(2-6)12(16,17)18)20-4-5(3-19)10(7)21/h1-2,4H,(H,20,21). The molecule has 0 saturated heterocycles. The molecule has 0 atom stereocenters. The number of aromatic amines is 1. The molecular weight excluding hydrogens is 302 g/mol. The van der Waals surface area contributed by atoms with E-state index in [4.69, 9.17) is 5.26 Å². The summed E-state index contributed by atoms with van der Waals surface area (Å²) in [5.41, 5.74) is -5.78. The van der Waals surface area contributed by atoms with Gasteiger partial charge in [-0.15, -0.1) is 0 Å². The van der Waals surface area contributed by atoms with E-state index < -0.39 is 45.4 Å². The van der Waals surface area contributed by atoms with Crippen LogP contribution in [0, 0.1) is 11.3 Å². The van der Waals surface area contributed by atoms with Crippen molar-refractivity contribution in [3.63, 3.8) is 0 Å². The molecule has 0 fully saturated rings. The topological polar surface area (TPSA) is 56.6 Å². The van der Waals surface area contributed by atoms with Crippen molar-refractivity contribution in [2.45, 2.75) is 12.4 Å². The third kappa shape index (κ3) is 2.56. The van der Waals surface area contributed by atoms with Crippen molar-refractivity contribution >= 4 is 10.9 Å². The summed E-state index contributed by atoms with van der Waals surface area (Å²) in [6.45, 7) is 0. The number of hydrogen-bond acceptors (Lipinski definition) is 2. The molecule has 1 aromatic heterocycles. The van der Waals surface area contributed by atoms with Gasteiger partial charge >= 0.3 is 12.4 Å². The first-order valence-electron chi connectivity index (χ1n) is 5.29. The van der Waals surface area contributed by atoms with Crippen LogP contribution in [0.1, 0.15) is 16.7 Å². The number of alkyl halides is 6. The van der Waals surface area contributed by atoms with Crippen LogP contribution < -0.4 is 5.43 Å². The number of halogens is 6. The summed E-state index contributed by atoms with van der Waals surface area (Å²) in [5.74, 6) is 0. The van der Waals surface area contributed by atoms with E-state index in [1.165, 1.54) is 6.07 Å². The minimum Gasteiger partial charge on any atom is -0.359 e. The van der Waals surface area contributed by atoms with Crippen molar-refractivity contribution in [1.29, 1.82) is 5.26 Å². The highest BCUT2D eigenvalue weighted by Crippen LogP contribution is 2.38. The summed E-state index contributed by atoms with van der Waals surface area (Å²) in [5, 5.41) is 7.78. The molecule has 0 unspecified atom stereocenters. The van der Waals surface area contributed by atoms with Gasteiger partial charge in [-0.3, -0.25) is 4.79 Å². The lowest BCUT2D eigenvalue weighted by Gasteiger charge is -2.14. The first kappa shape index (κ1) is 14.9. The number of aromatic nitrogens is 1. The predicted octanol–water partition coefficient (Wildman–Crippen LogP) is 3.44. The number of nitrogens with zero attached hydrogens (tertiary/aromatic N) is 1. The summed E-state index contributed by atoms with van der Waals surface area (Å²) in [4.78, 5) is 13.8. The van der Waals surface area contributed by atoms with Crippen LogP contribution in [0.25, 0.3) is 10.9 Å². The first-order valence-corrected chi connectivity index (χ1v) is 5.29. The third-order valence-electron chi connectivity index (χ3n) is 2.74. The molecule has 0 bridgehead atoms. The van der Waals surface area contributed by atoms with E-state index in [0.717, 1.165) is 6.20 Å². The Morgan fingerprint density at radius 3 is 2.14 bits per heavy atom. The fraction of sp³-hybridized carbons (Fsp3) is 0.167. The van der Waals surface area contributed by atoms with Gasteiger partial charge in [0.2, 0.25) is 5.43 Å². The second kappa shape index (κ2) is 4.51. The van der Waals surface area contributed by atoms with Gasteiger partial charge < -0.3 is 4.98 Å². The van der Waals surface area contributed by atoms with Crippen molar-refractivity contribution in [3.05, 3.63) is 45.2 Å². The normalized spacial score (nSPS) is 12.4. The lowest BCUT2D eigenvalue weighted by Crippen LogP contribution is -2.16. The Balaban J connectivity index is 3.00. The summed E-state index contributed by atoms with van der Waals surface area (Å²) in [6.07, 6.45) is -9.41. The van der Waals surface area contributed by atoms with Crippen LogP contribution in [-0.4, -0.2) is 4.98 Å². The van der Waals surface area contributed by atoms with Gasteiger partial charge in [-0.2, -0.15) is 31.6 Å². The Morgan fingerprint density at radius 1 is 1.05 bits per heavy atom. The molecule has 1 aromatic carbocycles. The number of benzene rings is 1. The second-order valence-corrected chi connectivity index (χ2v) is 4.09. The molecule has 110 valence electrons. The van der Waals surface area contributed by atoms with Crippen LogP contribution in [-0.2, 0) is 12.4 Å². The van der Waals surface area contributed by atoms with Crippen molar-refractivity contribution < 1.29 is 26.3 Å². The Labute approximate surface area is 112 Å². The van der Waals surface area contributed by atoms with Crippen molar-refractivity contribution in [2.24, 2.45) is 0 Å². The van der Waals surface area contributed by atoms with Gasteiger partial charge in [-0.05, 0) is 12.1 Å². The molecular formula is C12H4F6N2O. The average molecular weight is 306 g/mol. The molecule has 0 spiro atoms. The second-order valence-electron chi connectivity index (χ2n) is 4.09. The molecule has 9 heteroatoms. The van der Waals surface area contributed by atoms with Gasteiger partial charge in [-0.1, -0.05) is 0 Å². The number of nitriles is 1. The molecule has 0 aliphatic rings. The van der Waals surface area contributed by atoms with E-state index in [1.807, 2.05) is 0 Å². The highest BCUT2D eigenvalue weighted by Gasteiger charge is 2.38. The van der Waals surface area contributed by atoms with Crippen molar-refractivity contribution in [1.82, 2.24) is 4.98 Å². The van der Waals surface area contributed by atoms with E-state index in [9.17, 15) is 31.1 Å². The highest BCUT2D eigenvalue weighted by molar-refractivity contribution is 5.84. The number of pyridine rings is 1. The minimum atomic E-state index is -5.09. The smallest absolute Gasteiger partial charge is 0.359 e. The van der Waals surface area contributed by atoms with Crippen molar-refractivity contribution in [2.75, 3.05) is 0 Å². The van der Waals surface area contributed by atoms with Gasteiger partial charge in [0, 0.05) is 11.6 Å². The SMILES string of the molecule is N#Cc1c[nH]c2c(C(F)(F)F)cc(C(F)(F)F)cc2c1=O. The maximum Gasteiger partial charge on any atom is 0.418 e. The van der Waals surface area contributed by atoms with Crippen LogP contribution in [0.2, 0.25) is 0 Å². The third-order valence-corrected chi connectivity index (χ3v) is 2.74. The van der Waals surface area contributed by atoms with E-state index in [0.29, 0.717) is 6.07 Å². The molecule has 0 aliphatic carbocycles. The Hall–Kier alpha value is -2.50. The fourth-order valence-electron chi connectivity index (χ4n) is 1.80. The lowest BCUT2D eigenvalue weighted by atomic mass is 10.0. The number of rotatable bonds is 0. The largest absolute Gasteiger partial charge is 0.418 e. The van der Waals surface area contributed by atoms with Gasteiger partial charge in [-0.25, -0.2) is 0 Å². The molecule has 0 amide bonds. The fourth-order valence-corrected chi connectivity index (χ4v) is 1.80. The van der Waals surface area contributed by atoms with Gasteiger partial charge in [0.1, 0.15) is 11.6 Å². The molecule has 21 heavy (non-hydrogen) atoms. The van der Waals surface area contributed by atoms with E-state index in [-0.39, 0.29) is 6.07 Å². The minimum absolute atomic E-state index is 0.0790. The van der Waals surface area contributed by atoms with Crippen LogP contribution in [0.5, 0.6) is 0 Å². The average Bonchev–Trinajstić information content (AvgIpc) is 2.36. The van der Waals surface area contributed by atoms with E-state index in [2.05, 4.69) is 4.98 Å². The number of nitrogens with one attached hydrogen (secondary N) is 1. The van der Waals surface area contributed by atoms with Crippen LogP contribution in [0.15, 0.2) is 23.1 Å². The monoisotopic (exact) mass is 306 g/mol. The maximum absolute atomic E-state index is 12.8. The number of hydrogen-bond donors (Lipinski definition) is 1. The summed E-state index contributed by atoms with van der Waals surface area (Å²) < 4.78 is 76.5. The van der Waals surface area contributed by atoms with Crippen molar-refractivity contribution in [3.8, 4) is 6.07 Å². The van der Waals surface area contributed by atoms with Gasteiger partial charge in [0.15, 0.2) is 0 Å². The van der Waals surface area contributed by atoms with E-state index in [1.54, 1.807) is 0 Å². The molecule has 1 N–H and O–H groups in total. The Kier molecular flexibility index (Phi) is 3.20. The molecule has 2 aromatic rings. The molecule has 3 nitrogen and oxygen atoms in total. The molecule has 0 saturated carbocycles. The Morgan fingerprint density at radius 2 is 1.67 bits per heavy atom. The summed E-state index contributed by atoms with van der Waals surface area (Å²) in [7, 11) is 0. The molecule has 0 aliphatic heterocycles. The quantitative estimate of drug-likeness (QED) is 0.758.